The number of hydrogen-bond donors (Lipinski definition) is 0. The van der Waals surface area contributed by atoms with Gasteiger partial charge >= 0.3 is 0 Å². The summed E-state index contributed by atoms with van der Waals surface area (Å²) in [6, 6.07) is 60.9. The van der Waals surface area contributed by atoms with E-state index in [1.165, 1.54) is 0 Å². The molecule has 0 N–H and O–H groups in total. The third-order valence-electron chi connectivity index (χ3n) is 13.4. The fourth-order valence-corrected chi connectivity index (χ4v) is 10.4. The van der Waals surface area contributed by atoms with Crippen LogP contribution in [0.3, 0.4) is 0 Å². The van der Waals surface area contributed by atoms with E-state index < -0.39 is 41.7 Å². The number of nitrogens with zero attached hydrogens (tertiary/aromatic N) is 1. The number of allylic oxidation sites excluding steroid dienone is 4. The maximum absolute atomic E-state index is 9.95. The van der Waals surface area contributed by atoms with E-state index in [0.717, 1.165) is 76.8 Å². The molecule has 11 aromatic carbocycles. The molecule has 1 unspecified atom stereocenters. The van der Waals surface area contributed by atoms with Gasteiger partial charge in [-0.3, -0.25) is 0 Å². The molecule has 1 aliphatic rings. The summed E-state index contributed by atoms with van der Waals surface area (Å²) in [7, 11) is 0. The first kappa shape index (κ1) is 32.8. The van der Waals surface area contributed by atoms with Gasteiger partial charge in [0.25, 0.3) is 0 Å². The van der Waals surface area contributed by atoms with Crippen molar-refractivity contribution in [3.8, 4) is 44.5 Å². The van der Waals surface area contributed by atoms with Crippen molar-refractivity contribution in [3.63, 3.8) is 0 Å². The van der Waals surface area contributed by atoms with E-state index >= 15 is 0 Å². The molecule has 0 aromatic heterocycles. The molecule has 0 bridgehead atoms. The minimum Gasteiger partial charge on any atom is -0.310 e. The zero-order chi connectivity index (χ0) is 52.6. The second-order valence-corrected chi connectivity index (χ2v) is 17.0. The van der Waals surface area contributed by atoms with Gasteiger partial charge in [0.15, 0.2) is 0 Å². The summed E-state index contributed by atoms with van der Waals surface area (Å²) in [5.41, 5.74) is 7.93. The van der Waals surface area contributed by atoms with Crippen LogP contribution in [0.2, 0.25) is 0 Å². The highest BCUT2D eigenvalue weighted by atomic mass is 15.1. The van der Waals surface area contributed by atoms with Gasteiger partial charge in [-0.1, -0.05) is 231 Å². The largest absolute Gasteiger partial charge is 0.310 e. The summed E-state index contributed by atoms with van der Waals surface area (Å²) >= 11 is 0. The third kappa shape index (κ3) is 6.63. The standard InChI is InChI=1S/C67H47N/c1-3-17-52(4-2)67(53-21-6-5-7-22-53)65-29-15-14-27-62(65)63-43-42-56(45-66(63)67)68(55-40-36-50(37-41-55)64-44-51-19-9-11-24-59(51)60-25-12-13-26-61(60)64)54-38-34-47(35-39-54)46-30-32-49(33-31-46)58-28-16-20-48-18-8-10-23-57(48)58/h3-45H,1-2H2/b52-17+/i30D,31D,32D,33D,34D,35D,38D,39D. The smallest absolute Gasteiger partial charge is 0.0714 e. The van der Waals surface area contributed by atoms with Crippen molar-refractivity contribution in [1.29, 1.82) is 0 Å². The summed E-state index contributed by atoms with van der Waals surface area (Å²) in [4.78, 5) is 1.76. The van der Waals surface area contributed by atoms with Crippen LogP contribution in [-0.2, 0) is 5.41 Å². The van der Waals surface area contributed by atoms with Crippen LogP contribution in [0.4, 0.5) is 17.1 Å². The molecular weight excluding hydrogens is 819 g/mol. The van der Waals surface area contributed by atoms with Crippen molar-refractivity contribution >= 4 is 49.4 Å². The predicted octanol–water partition coefficient (Wildman–Crippen LogP) is 18.2. The summed E-state index contributed by atoms with van der Waals surface area (Å²) in [5, 5.41) is 6.08. The maximum atomic E-state index is 9.95. The van der Waals surface area contributed by atoms with Crippen LogP contribution in [-0.4, -0.2) is 0 Å². The number of fused-ring (bicyclic) bond motifs is 7. The van der Waals surface area contributed by atoms with E-state index in [2.05, 4.69) is 79.9 Å². The predicted molar refractivity (Wildman–Crippen MR) is 290 cm³/mol. The summed E-state index contributed by atoms with van der Waals surface area (Å²) < 4.78 is 76.9. The lowest BCUT2D eigenvalue weighted by atomic mass is 9.67. The van der Waals surface area contributed by atoms with Crippen molar-refractivity contribution < 1.29 is 11.0 Å². The van der Waals surface area contributed by atoms with Gasteiger partial charge in [0.05, 0.1) is 16.4 Å². The number of hydrogen-bond acceptors (Lipinski definition) is 1. The monoisotopic (exact) mass is 873 g/mol. The lowest BCUT2D eigenvalue weighted by Crippen LogP contribution is -2.29. The summed E-state index contributed by atoms with van der Waals surface area (Å²) in [5.74, 6) is 0. The molecule has 1 aliphatic carbocycles. The van der Waals surface area contributed by atoms with Crippen LogP contribution in [0.25, 0.3) is 76.8 Å². The van der Waals surface area contributed by atoms with Gasteiger partial charge in [0.1, 0.15) is 0 Å². The van der Waals surface area contributed by atoms with E-state index in [9.17, 15) is 11.0 Å². The molecule has 0 amide bonds. The summed E-state index contributed by atoms with van der Waals surface area (Å²) in [6.45, 7) is 8.43. The van der Waals surface area contributed by atoms with Gasteiger partial charge in [0, 0.05) is 17.1 Å². The average Bonchev–Trinajstić information content (AvgIpc) is 3.97. The van der Waals surface area contributed by atoms with Gasteiger partial charge < -0.3 is 4.90 Å². The molecule has 68 heavy (non-hydrogen) atoms. The lowest BCUT2D eigenvalue weighted by Gasteiger charge is -2.35. The molecule has 320 valence electrons. The Morgan fingerprint density at radius 1 is 0.397 bits per heavy atom. The minimum atomic E-state index is -0.889. The van der Waals surface area contributed by atoms with Crippen LogP contribution in [0, 0.1) is 0 Å². The fraction of sp³-hybridized carbons (Fsp3) is 0.0149. The Morgan fingerprint density at radius 2 is 0.971 bits per heavy atom. The Labute approximate surface area is 409 Å². The molecule has 0 radical (unpaired) electrons. The molecule has 0 heterocycles. The van der Waals surface area contributed by atoms with E-state index in [4.69, 9.17) is 0 Å². The number of anilines is 3. The molecule has 0 aliphatic heterocycles. The first-order valence-electron chi connectivity index (χ1n) is 26.7. The van der Waals surface area contributed by atoms with Gasteiger partial charge in [-0.05, 0) is 142 Å². The molecule has 11 aromatic rings. The van der Waals surface area contributed by atoms with E-state index in [1.54, 1.807) is 17.0 Å². The lowest BCUT2D eigenvalue weighted by molar-refractivity contribution is 0.767. The topological polar surface area (TPSA) is 3.24 Å². The molecule has 1 nitrogen and oxygen atoms in total. The van der Waals surface area contributed by atoms with Crippen LogP contribution in [0.5, 0.6) is 0 Å². The van der Waals surface area contributed by atoms with Gasteiger partial charge in [-0.25, -0.2) is 0 Å². The molecular formula is C67H47N. The molecule has 0 spiro atoms. The normalized spacial score (nSPS) is 15.8. The fourth-order valence-electron chi connectivity index (χ4n) is 10.4. The van der Waals surface area contributed by atoms with Gasteiger partial charge in [-0.2, -0.15) is 0 Å². The van der Waals surface area contributed by atoms with Gasteiger partial charge in [-0.15, -0.1) is 0 Å². The van der Waals surface area contributed by atoms with Crippen LogP contribution < -0.4 is 4.90 Å². The molecule has 0 saturated heterocycles. The molecule has 0 fully saturated rings. The van der Waals surface area contributed by atoms with Crippen molar-refractivity contribution in [2.75, 3.05) is 4.90 Å². The second-order valence-electron chi connectivity index (χ2n) is 17.0. The molecule has 1 atom stereocenters. The zero-order valence-electron chi connectivity index (χ0n) is 45.1. The quantitative estimate of drug-likeness (QED) is 0.0977. The minimum absolute atomic E-state index is 0.0587. The Morgan fingerprint density at radius 3 is 1.72 bits per heavy atom. The average molecular weight is 874 g/mol. The van der Waals surface area contributed by atoms with Crippen molar-refractivity contribution in [2.24, 2.45) is 0 Å². The van der Waals surface area contributed by atoms with Crippen molar-refractivity contribution in [3.05, 3.63) is 296 Å². The second kappa shape index (κ2) is 16.9. The number of benzene rings is 11. The molecule has 0 saturated carbocycles. The Bertz CT molecular complexity index is 4190. The Hall–Kier alpha value is -8.78. The first-order chi connectivity index (χ1) is 37.0. The van der Waals surface area contributed by atoms with Crippen LogP contribution >= 0.6 is 0 Å². The Balaban J connectivity index is 1.10. The highest BCUT2D eigenvalue weighted by Gasteiger charge is 2.46. The summed E-state index contributed by atoms with van der Waals surface area (Å²) in [6.07, 6.45) is 5.61. The van der Waals surface area contributed by atoms with E-state index in [-0.39, 0.29) is 34.5 Å². The molecule has 12 rings (SSSR count). The van der Waals surface area contributed by atoms with Crippen molar-refractivity contribution in [2.45, 2.75) is 5.41 Å². The SMILES string of the molecule is [2H]c1c([2H])c(-c2cccc3ccccc23)c([2H])c([2H])c1-c1c([2H])c([2H])c(N(c2ccc(-c3cc4ccccc4c4ccccc34)cc2)c2ccc3c(c2)C(/C(C=C)=C/C=C)(c2ccccc2)c2ccccc2-3)c([2H])c1[2H]. The Kier molecular flexibility index (Phi) is 8.15. The maximum Gasteiger partial charge on any atom is 0.0714 e. The zero-order valence-corrected chi connectivity index (χ0v) is 37.1. The highest BCUT2D eigenvalue weighted by Crippen LogP contribution is 2.58. The van der Waals surface area contributed by atoms with Crippen LogP contribution in [0.1, 0.15) is 27.7 Å². The van der Waals surface area contributed by atoms with Gasteiger partial charge in [0.2, 0.25) is 0 Å². The highest BCUT2D eigenvalue weighted by molar-refractivity contribution is 6.13. The van der Waals surface area contributed by atoms with Crippen LogP contribution in [0.15, 0.2) is 279 Å². The third-order valence-corrected chi connectivity index (χ3v) is 13.4. The molecule has 1 heteroatoms. The number of rotatable bonds is 10. The first-order valence-corrected chi connectivity index (χ1v) is 22.7. The van der Waals surface area contributed by atoms with E-state index in [1.807, 2.05) is 133 Å². The van der Waals surface area contributed by atoms with Crippen molar-refractivity contribution in [1.82, 2.24) is 0 Å². The van der Waals surface area contributed by atoms with E-state index in [0.29, 0.717) is 16.9 Å².